The zero-order valence-electron chi connectivity index (χ0n) is 14.2. The molecular formula is C24H14BrClO. The van der Waals surface area contributed by atoms with Crippen molar-refractivity contribution in [2.24, 2.45) is 0 Å². The van der Waals surface area contributed by atoms with Gasteiger partial charge in [-0.05, 0) is 53.1 Å². The molecule has 0 aliphatic carbocycles. The van der Waals surface area contributed by atoms with Gasteiger partial charge in [0.05, 0.1) is 0 Å². The predicted molar refractivity (Wildman–Crippen MR) is 117 cm³/mol. The highest BCUT2D eigenvalue weighted by Gasteiger charge is 2.16. The Labute approximate surface area is 170 Å². The Balaban J connectivity index is 1.86. The molecule has 0 bridgehead atoms. The standard InChI is InChI=1S/C24H14BrClO/c25-17-9-5-15(6-10-17)19-13-14-20(16-7-11-18(26)12-8-16)24-23(19)21-3-1-2-4-22(21)27-24/h1-14H. The van der Waals surface area contributed by atoms with Crippen molar-refractivity contribution in [3.63, 3.8) is 0 Å². The topological polar surface area (TPSA) is 13.1 Å². The van der Waals surface area contributed by atoms with E-state index in [1.54, 1.807) is 0 Å². The van der Waals surface area contributed by atoms with Gasteiger partial charge in [-0.2, -0.15) is 0 Å². The normalized spacial score (nSPS) is 11.3. The highest BCUT2D eigenvalue weighted by molar-refractivity contribution is 9.10. The summed E-state index contributed by atoms with van der Waals surface area (Å²) in [5.74, 6) is 0. The second kappa shape index (κ2) is 6.56. The van der Waals surface area contributed by atoms with Crippen molar-refractivity contribution in [1.29, 1.82) is 0 Å². The minimum absolute atomic E-state index is 0.728. The Kier molecular flexibility index (Phi) is 4.04. The summed E-state index contributed by atoms with van der Waals surface area (Å²) in [6, 6.07) is 28.8. The SMILES string of the molecule is Clc1ccc(-c2ccc(-c3ccc(Br)cc3)c3c2oc2ccccc23)cc1. The predicted octanol–water partition coefficient (Wildman–Crippen LogP) is 8.34. The molecule has 0 radical (unpaired) electrons. The molecule has 27 heavy (non-hydrogen) atoms. The number of hydrogen-bond donors (Lipinski definition) is 0. The van der Waals surface area contributed by atoms with E-state index in [1.165, 1.54) is 5.56 Å². The van der Waals surface area contributed by atoms with Crippen molar-refractivity contribution in [3.8, 4) is 22.3 Å². The molecule has 0 aliphatic heterocycles. The molecule has 1 nitrogen and oxygen atoms in total. The van der Waals surface area contributed by atoms with Crippen LogP contribution >= 0.6 is 27.5 Å². The van der Waals surface area contributed by atoms with E-state index in [2.05, 4.69) is 64.5 Å². The van der Waals surface area contributed by atoms with Gasteiger partial charge >= 0.3 is 0 Å². The van der Waals surface area contributed by atoms with Gasteiger partial charge in [0.1, 0.15) is 11.2 Å². The molecule has 0 unspecified atom stereocenters. The lowest BCUT2D eigenvalue weighted by Crippen LogP contribution is -1.84. The second-order valence-electron chi connectivity index (χ2n) is 6.48. The molecular weight excluding hydrogens is 420 g/mol. The van der Waals surface area contributed by atoms with Crippen molar-refractivity contribution in [2.75, 3.05) is 0 Å². The summed E-state index contributed by atoms with van der Waals surface area (Å²) in [7, 11) is 0. The Morgan fingerprint density at radius 3 is 2.07 bits per heavy atom. The molecule has 0 saturated heterocycles. The molecule has 5 aromatic rings. The number of hydrogen-bond acceptors (Lipinski definition) is 1. The molecule has 1 aromatic heterocycles. The fourth-order valence-electron chi connectivity index (χ4n) is 3.55. The minimum atomic E-state index is 0.728. The first kappa shape index (κ1) is 16.6. The molecule has 0 amide bonds. The zero-order chi connectivity index (χ0) is 18.4. The summed E-state index contributed by atoms with van der Waals surface area (Å²) in [6.07, 6.45) is 0. The molecule has 0 atom stereocenters. The lowest BCUT2D eigenvalue weighted by atomic mass is 9.95. The van der Waals surface area contributed by atoms with Crippen LogP contribution < -0.4 is 0 Å². The molecule has 0 saturated carbocycles. The van der Waals surface area contributed by atoms with Crippen LogP contribution in [-0.4, -0.2) is 0 Å². The summed E-state index contributed by atoms with van der Waals surface area (Å²) < 4.78 is 7.38. The second-order valence-corrected chi connectivity index (χ2v) is 7.83. The van der Waals surface area contributed by atoms with Gasteiger partial charge in [0, 0.05) is 25.8 Å². The van der Waals surface area contributed by atoms with E-state index in [-0.39, 0.29) is 0 Å². The van der Waals surface area contributed by atoms with Gasteiger partial charge in [0.25, 0.3) is 0 Å². The lowest BCUT2D eigenvalue weighted by molar-refractivity contribution is 0.670. The van der Waals surface area contributed by atoms with Crippen LogP contribution in [0.1, 0.15) is 0 Å². The van der Waals surface area contributed by atoms with Crippen molar-refractivity contribution >= 4 is 49.5 Å². The highest BCUT2D eigenvalue weighted by atomic mass is 79.9. The summed E-state index contributed by atoms with van der Waals surface area (Å²) in [4.78, 5) is 0. The zero-order valence-corrected chi connectivity index (χ0v) is 16.6. The van der Waals surface area contributed by atoms with Crippen LogP contribution in [0.15, 0.2) is 93.8 Å². The Hall–Kier alpha value is -2.55. The van der Waals surface area contributed by atoms with Crippen molar-refractivity contribution in [3.05, 3.63) is 94.4 Å². The molecule has 1 heterocycles. The van der Waals surface area contributed by atoms with Crippen molar-refractivity contribution < 1.29 is 4.42 Å². The van der Waals surface area contributed by atoms with Crippen LogP contribution in [0, 0.1) is 0 Å². The first-order valence-electron chi connectivity index (χ1n) is 8.67. The molecule has 0 spiro atoms. The Morgan fingerprint density at radius 1 is 0.667 bits per heavy atom. The third kappa shape index (κ3) is 2.86. The Morgan fingerprint density at radius 2 is 1.30 bits per heavy atom. The first-order valence-corrected chi connectivity index (χ1v) is 9.84. The largest absolute Gasteiger partial charge is 0.455 e. The van der Waals surface area contributed by atoms with Gasteiger partial charge in [-0.25, -0.2) is 0 Å². The van der Waals surface area contributed by atoms with Gasteiger partial charge < -0.3 is 4.42 Å². The monoisotopic (exact) mass is 432 g/mol. The van der Waals surface area contributed by atoms with E-state index in [9.17, 15) is 0 Å². The van der Waals surface area contributed by atoms with Crippen LogP contribution in [-0.2, 0) is 0 Å². The summed E-state index contributed by atoms with van der Waals surface area (Å²) in [6.45, 7) is 0. The molecule has 0 fully saturated rings. The van der Waals surface area contributed by atoms with E-state index in [0.717, 1.165) is 48.1 Å². The molecule has 130 valence electrons. The quantitative estimate of drug-likeness (QED) is 0.273. The maximum absolute atomic E-state index is 6.31. The van der Waals surface area contributed by atoms with Crippen LogP contribution in [0.2, 0.25) is 5.02 Å². The van der Waals surface area contributed by atoms with E-state index >= 15 is 0 Å². The smallest absolute Gasteiger partial charge is 0.143 e. The molecule has 3 heteroatoms. The van der Waals surface area contributed by atoms with Crippen LogP contribution in [0.4, 0.5) is 0 Å². The van der Waals surface area contributed by atoms with Gasteiger partial charge in [0.15, 0.2) is 0 Å². The summed E-state index contributed by atoms with van der Waals surface area (Å²) in [5, 5.41) is 2.99. The van der Waals surface area contributed by atoms with E-state index in [0.29, 0.717) is 0 Å². The molecule has 5 rings (SSSR count). The third-order valence-corrected chi connectivity index (χ3v) is 5.62. The van der Waals surface area contributed by atoms with Gasteiger partial charge in [0.2, 0.25) is 0 Å². The fraction of sp³-hybridized carbons (Fsp3) is 0. The van der Waals surface area contributed by atoms with E-state index < -0.39 is 0 Å². The number of furan rings is 1. The maximum atomic E-state index is 6.31. The fourth-order valence-corrected chi connectivity index (χ4v) is 3.95. The van der Waals surface area contributed by atoms with Crippen LogP contribution in [0.25, 0.3) is 44.2 Å². The number of para-hydroxylation sites is 1. The van der Waals surface area contributed by atoms with Gasteiger partial charge in [-0.15, -0.1) is 0 Å². The minimum Gasteiger partial charge on any atom is -0.455 e. The maximum Gasteiger partial charge on any atom is 0.143 e. The number of halogens is 2. The summed E-state index contributed by atoms with van der Waals surface area (Å²) >= 11 is 9.59. The Bertz CT molecular complexity index is 1270. The number of benzene rings is 4. The average molecular weight is 434 g/mol. The molecule has 0 N–H and O–H groups in total. The van der Waals surface area contributed by atoms with E-state index in [1.807, 2.05) is 36.4 Å². The van der Waals surface area contributed by atoms with Gasteiger partial charge in [-0.3, -0.25) is 0 Å². The first-order chi connectivity index (χ1) is 13.2. The highest BCUT2D eigenvalue weighted by Crippen LogP contribution is 2.41. The third-order valence-electron chi connectivity index (χ3n) is 4.84. The molecule has 0 aliphatic rings. The summed E-state index contributed by atoms with van der Waals surface area (Å²) in [5.41, 5.74) is 6.29. The van der Waals surface area contributed by atoms with Crippen LogP contribution in [0.5, 0.6) is 0 Å². The molecule has 4 aromatic carbocycles. The van der Waals surface area contributed by atoms with Crippen molar-refractivity contribution in [1.82, 2.24) is 0 Å². The van der Waals surface area contributed by atoms with Crippen molar-refractivity contribution in [2.45, 2.75) is 0 Å². The lowest BCUT2D eigenvalue weighted by Gasteiger charge is -2.09. The average Bonchev–Trinajstić information content (AvgIpc) is 3.08. The number of rotatable bonds is 2. The van der Waals surface area contributed by atoms with E-state index in [4.69, 9.17) is 16.0 Å². The van der Waals surface area contributed by atoms with Gasteiger partial charge in [-0.1, -0.05) is 76.1 Å². The number of fused-ring (bicyclic) bond motifs is 3. The van der Waals surface area contributed by atoms with Crippen LogP contribution in [0.3, 0.4) is 0 Å².